The molecular formula is C20H20FN5O3S. The molecule has 10 heteroatoms. The molecule has 2 unspecified atom stereocenters. The van der Waals surface area contributed by atoms with Gasteiger partial charge < -0.3 is 15.4 Å². The average molecular weight is 429 g/mol. The Labute approximate surface area is 176 Å². The quantitative estimate of drug-likeness (QED) is 0.560. The zero-order valence-corrected chi connectivity index (χ0v) is 16.9. The Morgan fingerprint density at radius 2 is 2.17 bits per heavy atom. The second-order valence-corrected chi connectivity index (χ2v) is 7.82. The topological polar surface area (TPSA) is 97.3 Å². The van der Waals surface area contributed by atoms with Crippen LogP contribution in [0.2, 0.25) is 0 Å². The number of amides is 2. The highest BCUT2D eigenvalue weighted by molar-refractivity contribution is 7.13. The number of thiophene rings is 1. The van der Waals surface area contributed by atoms with E-state index in [9.17, 15) is 14.0 Å². The number of nitrogens with zero attached hydrogens (tertiary/aromatic N) is 2. The minimum atomic E-state index is -0.594. The van der Waals surface area contributed by atoms with Crippen LogP contribution in [0.4, 0.5) is 10.2 Å². The fourth-order valence-electron chi connectivity index (χ4n) is 3.08. The summed E-state index contributed by atoms with van der Waals surface area (Å²) in [5.74, 6) is -0.0924. The van der Waals surface area contributed by atoms with Crippen LogP contribution < -0.4 is 20.7 Å². The molecule has 30 heavy (non-hydrogen) atoms. The Kier molecular flexibility index (Phi) is 5.77. The Bertz CT molecular complexity index is 1040. The Hall–Kier alpha value is -3.24. The molecule has 1 saturated heterocycles. The minimum Gasteiger partial charge on any atom is -0.484 e. The van der Waals surface area contributed by atoms with E-state index in [1.807, 2.05) is 24.4 Å². The van der Waals surface area contributed by atoms with Crippen LogP contribution >= 0.6 is 11.3 Å². The van der Waals surface area contributed by atoms with Crippen molar-refractivity contribution < 1.29 is 18.7 Å². The number of carbonyl (C=O) groups excluding carboxylic acids is 2. The Morgan fingerprint density at radius 3 is 2.87 bits per heavy atom. The molecule has 0 spiro atoms. The van der Waals surface area contributed by atoms with Gasteiger partial charge in [0.25, 0.3) is 5.91 Å². The van der Waals surface area contributed by atoms with Gasteiger partial charge in [-0.1, -0.05) is 6.07 Å². The molecule has 0 saturated carbocycles. The van der Waals surface area contributed by atoms with E-state index < -0.39 is 12.2 Å². The molecular weight excluding hydrogens is 409 g/mol. The second kappa shape index (κ2) is 8.64. The van der Waals surface area contributed by atoms with Crippen LogP contribution in [0, 0.1) is 5.82 Å². The maximum Gasteiger partial charge on any atom is 0.263 e. The monoisotopic (exact) mass is 429 g/mol. The SMILES string of the molecule is CC1CC(=O)NC(n2nc(-c3cccs3)cc2NC(=O)COc2ccc(F)cc2)N1. The van der Waals surface area contributed by atoms with Crippen LogP contribution in [0.1, 0.15) is 19.6 Å². The summed E-state index contributed by atoms with van der Waals surface area (Å²) in [6.07, 6.45) is -0.230. The first-order valence-electron chi connectivity index (χ1n) is 9.35. The lowest BCUT2D eigenvalue weighted by Gasteiger charge is -2.30. The molecule has 2 amide bonds. The van der Waals surface area contributed by atoms with Gasteiger partial charge in [-0.15, -0.1) is 11.3 Å². The maximum atomic E-state index is 13.0. The third-order valence-corrected chi connectivity index (χ3v) is 5.33. The fraction of sp³-hybridized carbons (Fsp3) is 0.250. The molecule has 0 bridgehead atoms. The predicted molar refractivity (Wildman–Crippen MR) is 110 cm³/mol. The van der Waals surface area contributed by atoms with Gasteiger partial charge in [0.1, 0.15) is 23.1 Å². The van der Waals surface area contributed by atoms with Gasteiger partial charge in [0, 0.05) is 18.5 Å². The van der Waals surface area contributed by atoms with Crippen molar-refractivity contribution in [2.45, 2.75) is 25.7 Å². The van der Waals surface area contributed by atoms with Crippen LogP contribution in [0.25, 0.3) is 10.6 Å². The van der Waals surface area contributed by atoms with Crippen LogP contribution in [-0.4, -0.2) is 34.2 Å². The van der Waals surface area contributed by atoms with Crippen molar-refractivity contribution in [3.8, 4) is 16.3 Å². The number of nitrogens with one attached hydrogen (secondary N) is 3. The fourth-order valence-corrected chi connectivity index (χ4v) is 3.76. The normalized spacial score (nSPS) is 18.7. The second-order valence-electron chi connectivity index (χ2n) is 6.87. The number of aromatic nitrogens is 2. The van der Waals surface area contributed by atoms with Crippen LogP contribution in [0.15, 0.2) is 47.8 Å². The van der Waals surface area contributed by atoms with E-state index in [0.29, 0.717) is 23.7 Å². The van der Waals surface area contributed by atoms with Crippen molar-refractivity contribution in [2.24, 2.45) is 0 Å². The zero-order chi connectivity index (χ0) is 21.1. The van der Waals surface area contributed by atoms with Gasteiger partial charge in [0.05, 0.1) is 4.88 Å². The molecule has 2 aromatic heterocycles. The first-order valence-corrected chi connectivity index (χ1v) is 10.2. The van der Waals surface area contributed by atoms with Crippen LogP contribution in [0.5, 0.6) is 5.75 Å². The number of hydrogen-bond acceptors (Lipinski definition) is 6. The van der Waals surface area contributed by atoms with Gasteiger partial charge in [0.2, 0.25) is 5.91 Å². The lowest BCUT2D eigenvalue weighted by molar-refractivity contribution is -0.125. The third kappa shape index (κ3) is 4.66. The van der Waals surface area contributed by atoms with Crippen LogP contribution in [0.3, 0.4) is 0 Å². The Balaban J connectivity index is 1.52. The number of rotatable bonds is 6. The van der Waals surface area contributed by atoms with Crippen molar-refractivity contribution >= 4 is 29.0 Å². The number of anilines is 1. The summed E-state index contributed by atoms with van der Waals surface area (Å²) in [4.78, 5) is 25.4. The number of benzene rings is 1. The molecule has 1 aromatic carbocycles. The van der Waals surface area contributed by atoms with E-state index in [4.69, 9.17) is 4.74 Å². The summed E-state index contributed by atoms with van der Waals surface area (Å²) in [5.41, 5.74) is 0.675. The van der Waals surface area contributed by atoms with Gasteiger partial charge in [0.15, 0.2) is 12.9 Å². The maximum absolute atomic E-state index is 13.0. The summed E-state index contributed by atoms with van der Waals surface area (Å²) >= 11 is 1.52. The molecule has 156 valence electrons. The lowest BCUT2D eigenvalue weighted by Crippen LogP contribution is -2.52. The molecule has 1 fully saturated rings. The zero-order valence-electron chi connectivity index (χ0n) is 16.1. The summed E-state index contributed by atoms with van der Waals surface area (Å²) in [5, 5.41) is 15.4. The summed E-state index contributed by atoms with van der Waals surface area (Å²) in [6, 6.07) is 11.0. The molecule has 0 radical (unpaired) electrons. The van der Waals surface area contributed by atoms with Crippen molar-refractivity contribution in [3.05, 3.63) is 53.7 Å². The minimum absolute atomic E-state index is 0.0384. The number of carbonyl (C=O) groups is 2. The van der Waals surface area contributed by atoms with E-state index >= 15 is 0 Å². The van der Waals surface area contributed by atoms with Crippen molar-refractivity contribution in [2.75, 3.05) is 11.9 Å². The van der Waals surface area contributed by atoms with E-state index in [0.717, 1.165) is 4.88 Å². The van der Waals surface area contributed by atoms with Gasteiger partial charge in [-0.05, 0) is 42.6 Å². The summed E-state index contributed by atoms with van der Waals surface area (Å²) in [6.45, 7) is 1.65. The summed E-state index contributed by atoms with van der Waals surface area (Å²) in [7, 11) is 0. The largest absolute Gasteiger partial charge is 0.484 e. The van der Waals surface area contributed by atoms with E-state index in [1.165, 1.54) is 35.6 Å². The molecule has 1 aliphatic heterocycles. The van der Waals surface area contributed by atoms with Crippen molar-refractivity contribution in [1.82, 2.24) is 20.4 Å². The predicted octanol–water partition coefficient (Wildman–Crippen LogP) is 2.72. The smallest absolute Gasteiger partial charge is 0.263 e. The van der Waals surface area contributed by atoms with Crippen molar-refractivity contribution in [3.63, 3.8) is 0 Å². The molecule has 0 aliphatic carbocycles. The molecule has 8 nitrogen and oxygen atoms in total. The molecule has 3 heterocycles. The van der Waals surface area contributed by atoms with Gasteiger partial charge in [-0.25, -0.2) is 9.07 Å². The van der Waals surface area contributed by atoms with Crippen LogP contribution in [-0.2, 0) is 9.59 Å². The highest BCUT2D eigenvalue weighted by atomic mass is 32.1. The van der Waals surface area contributed by atoms with E-state index in [-0.39, 0.29) is 24.4 Å². The number of hydrogen-bond donors (Lipinski definition) is 3. The molecule has 3 N–H and O–H groups in total. The first kappa shape index (κ1) is 20.0. The third-order valence-electron chi connectivity index (χ3n) is 4.44. The highest BCUT2D eigenvalue weighted by Crippen LogP contribution is 2.28. The Morgan fingerprint density at radius 1 is 1.37 bits per heavy atom. The number of halogens is 1. The van der Waals surface area contributed by atoms with Gasteiger partial charge in [-0.2, -0.15) is 5.10 Å². The van der Waals surface area contributed by atoms with E-state index in [2.05, 4.69) is 21.0 Å². The molecule has 2 atom stereocenters. The molecule has 3 aromatic rings. The molecule has 4 rings (SSSR count). The summed E-state index contributed by atoms with van der Waals surface area (Å²) < 4.78 is 19.9. The first-order chi connectivity index (χ1) is 14.5. The molecule has 1 aliphatic rings. The lowest BCUT2D eigenvalue weighted by atomic mass is 10.2. The van der Waals surface area contributed by atoms with Gasteiger partial charge >= 0.3 is 0 Å². The van der Waals surface area contributed by atoms with Crippen molar-refractivity contribution in [1.29, 1.82) is 0 Å². The van der Waals surface area contributed by atoms with E-state index in [1.54, 1.807) is 10.7 Å². The number of ether oxygens (including phenoxy) is 1. The highest BCUT2D eigenvalue weighted by Gasteiger charge is 2.27. The standard InChI is InChI=1S/C20H20FN5O3S/c1-12-9-18(27)24-20(22-12)26-17(10-15(25-26)16-3-2-8-30-16)23-19(28)11-29-14-6-4-13(21)5-7-14/h2-8,10,12,20,22H,9,11H2,1H3,(H,23,28)(H,24,27). The van der Waals surface area contributed by atoms with Gasteiger partial charge in [-0.3, -0.25) is 14.9 Å². The average Bonchev–Trinajstić information content (AvgIpc) is 3.37.